The van der Waals surface area contributed by atoms with Gasteiger partial charge in [0, 0.05) is 23.3 Å². The summed E-state index contributed by atoms with van der Waals surface area (Å²) in [4.78, 5) is 28.3. The van der Waals surface area contributed by atoms with E-state index in [0.717, 1.165) is 11.3 Å². The Balaban J connectivity index is 1.89. The van der Waals surface area contributed by atoms with Crippen molar-refractivity contribution in [3.8, 4) is 6.07 Å². The summed E-state index contributed by atoms with van der Waals surface area (Å²) in [6.07, 6.45) is 7.09. The summed E-state index contributed by atoms with van der Waals surface area (Å²) >= 11 is 0. The number of nitrogens with one attached hydrogen (secondary N) is 1. The third-order valence-corrected chi connectivity index (χ3v) is 4.16. The molecule has 0 fully saturated rings. The van der Waals surface area contributed by atoms with E-state index in [4.69, 9.17) is 5.26 Å². The normalized spacial score (nSPS) is 20.5. The van der Waals surface area contributed by atoms with Gasteiger partial charge in [-0.15, -0.1) is 0 Å². The monoisotopic (exact) mass is 331 g/mol. The van der Waals surface area contributed by atoms with E-state index in [1.165, 1.54) is 6.07 Å². The summed E-state index contributed by atoms with van der Waals surface area (Å²) in [6, 6.07) is 8.42. The number of hydrogen-bond acceptors (Lipinski definition) is 3. The summed E-state index contributed by atoms with van der Waals surface area (Å²) < 4.78 is 0. The van der Waals surface area contributed by atoms with Crippen molar-refractivity contribution in [1.29, 1.82) is 5.26 Å². The number of nitriles is 1. The summed E-state index contributed by atoms with van der Waals surface area (Å²) in [5.74, 6) is -0.325. The highest BCUT2D eigenvalue weighted by molar-refractivity contribution is 6.14. The summed E-state index contributed by atoms with van der Waals surface area (Å²) in [5, 5.41) is 11.7. The lowest BCUT2D eigenvalue weighted by Crippen LogP contribution is -2.34. The Hall–Kier alpha value is -3.26. The van der Waals surface area contributed by atoms with Crippen LogP contribution in [-0.2, 0) is 4.79 Å². The number of fused-ring (bicyclic) bond motifs is 1. The van der Waals surface area contributed by atoms with Crippen LogP contribution in [0.25, 0.3) is 0 Å². The number of benzene rings is 1. The molecule has 0 saturated heterocycles. The first-order valence-corrected chi connectivity index (χ1v) is 8.03. The Labute approximate surface area is 146 Å². The standard InChI is InChI=1S/C20H17N3O2/c1-12(2)17-10-19(24)23-18-9-15(6-7-16(17)18)22-20(25)14-5-3-4-13(8-14)11-21/h3-10,12,16H,1-2H3,(H,23,24). The molecule has 0 spiro atoms. The predicted molar refractivity (Wildman–Crippen MR) is 94.7 cm³/mol. The molecule has 0 radical (unpaired) electrons. The average molecular weight is 331 g/mol. The van der Waals surface area contributed by atoms with Crippen molar-refractivity contribution in [2.45, 2.75) is 13.8 Å². The van der Waals surface area contributed by atoms with E-state index in [1.807, 2.05) is 26.0 Å². The Bertz CT molecular complexity index is 911. The molecule has 1 heterocycles. The van der Waals surface area contributed by atoms with Gasteiger partial charge in [0.25, 0.3) is 5.91 Å². The molecular formula is C20H17N3O2. The molecule has 0 saturated carbocycles. The van der Waals surface area contributed by atoms with Crippen LogP contribution in [0.1, 0.15) is 29.8 Å². The second-order valence-electron chi connectivity index (χ2n) is 6.26. The van der Waals surface area contributed by atoms with Crippen LogP contribution >= 0.6 is 0 Å². The van der Waals surface area contributed by atoms with E-state index >= 15 is 0 Å². The maximum atomic E-state index is 12.3. The highest BCUT2D eigenvalue weighted by Gasteiger charge is 2.27. The molecule has 1 N–H and O–H groups in total. The van der Waals surface area contributed by atoms with Crippen molar-refractivity contribution in [3.05, 3.63) is 71.0 Å². The molecule has 5 nitrogen and oxygen atoms in total. The molecule has 0 bridgehead atoms. The number of allylic oxidation sites excluding steroid dienone is 3. The van der Waals surface area contributed by atoms with Crippen LogP contribution in [0.2, 0.25) is 0 Å². The third kappa shape index (κ3) is 3.48. The van der Waals surface area contributed by atoms with Crippen LogP contribution in [0.3, 0.4) is 0 Å². The molecule has 1 aliphatic heterocycles. The van der Waals surface area contributed by atoms with Crippen LogP contribution in [0, 0.1) is 23.2 Å². The zero-order valence-corrected chi connectivity index (χ0v) is 14.0. The van der Waals surface area contributed by atoms with Crippen LogP contribution in [0.4, 0.5) is 0 Å². The van der Waals surface area contributed by atoms with E-state index < -0.39 is 5.91 Å². The lowest BCUT2D eigenvalue weighted by Gasteiger charge is -2.29. The maximum Gasteiger partial charge on any atom is 0.277 e. The van der Waals surface area contributed by atoms with Gasteiger partial charge in [0.15, 0.2) is 0 Å². The van der Waals surface area contributed by atoms with Crippen molar-refractivity contribution in [1.82, 2.24) is 5.32 Å². The van der Waals surface area contributed by atoms with Crippen molar-refractivity contribution >= 4 is 17.5 Å². The highest BCUT2D eigenvalue weighted by Crippen LogP contribution is 2.31. The number of nitrogens with zero attached hydrogens (tertiary/aromatic N) is 2. The van der Waals surface area contributed by atoms with Gasteiger partial charge >= 0.3 is 0 Å². The fraction of sp³-hybridized carbons (Fsp3) is 0.200. The van der Waals surface area contributed by atoms with Gasteiger partial charge in [0.1, 0.15) is 0 Å². The third-order valence-electron chi connectivity index (χ3n) is 4.16. The lowest BCUT2D eigenvalue weighted by molar-refractivity contribution is -0.116. The minimum absolute atomic E-state index is 0.00803. The minimum atomic E-state index is -0.422. The molecule has 0 aromatic heterocycles. The first kappa shape index (κ1) is 16.6. The molecule has 1 aromatic rings. The first-order chi connectivity index (χ1) is 12.0. The van der Waals surface area contributed by atoms with Gasteiger partial charge < -0.3 is 5.32 Å². The van der Waals surface area contributed by atoms with Gasteiger partial charge in [-0.1, -0.05) is 26.0 Å². The van der Waals surface area contributed by atoms with Gasteiger partial charge in [-0.2, -0.15) is 5.26 Å². The summed E-state index contributed by atoms with van der Waals surface area (Å²) in [6.45, 7) is 4.09. The molecule has 2 amide bonds. The van der Waals surface area contributed by atoms with Crippen molar-refractivity contribution < 1.29 is 9.59 Å². The smallest absolute Gasteiger partial charge is 0.277 e. The average Bonchev–Trinajstić information content (AvgIpc) is 2.60. The molecule has 1 unspecified atom stereocenters. The van der Waals surface area contributed by atoms with Gasteiger partial charge in [0.05, 0.1) is 17.3 Å². The quantitative estimate of drug-likeness (QED) is 0.904. The van der Waals surface area contributed by atoms with Crippen LogP contribution in [-0.4, -0.2) is 17.5 Å². The van der Waals surface area contributed by atoms with Gasteiger partial charge in [-0.25, -0.2) is 4.99 Å². The van der Waals surface area contributed by atoms with E-state index in [0.29, 0.717) is 16.8 Å². The van der Waals surface area contributed by atoms with Crippen LogP contribution in [0.15, 0.2) is 64.8 Å². The van der Waals surface area contributed by atoms with Gasteiger partial charge in [-0.3, -0.25) is 9.59 Å². The molecule has 5 heteroatoms. The molecule has 2 aliphatic rings. The lowest BCUT2D eigenvalue weighted by atomic mass is 9.82. The minimum Gasteiger partial charge on any atom is -0.325 e. The molecular weight excluding hydrogens is 314 g/mol. The highest BCUT2D eigenvalue weighted by atomic mass is 16.2. The second-order valence-corrected chi connectivity index (χ2v) is 6.26. The van der Waals surface area contributed by atoms with Crippen molar-refractivity contribution in [2.75, 3.05) is 0 Å². The zero-order valence-electron chi connectivity index (χ0n) is 14.0. The first-order valence-electron chi connectivity index (χ1n) is 8.03. The van der Waals surface area contributed by atoms with Gasteiger partial charge in [0.2, 0.25) is 5.91 Å². The maximum absolute atomic E-state index is 12.3. The molecule has 1 atom stereocenters. The summed E-state index contributed by atoms with van der Waals surface area (Å²) in [5.41, 5.74) is 3.02. The fourth-order valence-electron chi connectivity index (χ4n) is 2.92. The molecule has 124 valence electrons. The molecule has 3 rings (SSSR count). The molecule has 1 aliphatic carbocycles. The van der Waals surface area contributed by atoms with E-state index in [-0.39, 0.29) is 17.7 Å². The van der Waals surface area contributed by atoms with E-state index in [1.54, 1.807) is 36.4 Å². The largest absolute Gasteiger partial charge is 0.325 e. The number of carbonyl (C=O) groups is 2. The van der Waals surface area contributed by atoms with Crippen LogP contribution < -0.4 is 5.32 Å². The Morgan fingerprint density at radius 3 is 2.84 bits per heavy atom. The summed E-state index contributed by atoms with van der Waals surface area (Å²) in [7, 11) is 0. The number of aliphatic imine (C=N–C) groups is 1. The second kappa shape index (κ2) is 6.70. The van der Waals surface area contributed by atoms with Crippen LogP contribution in [0.5, 0.6) is 0 Å². The number of amides is 2. The fourth-order valence-corrected chi connectivity index (χ4v) is 2.92. The molecule has 1 aromatic carbocycles. The Kier molecular flexibility index (Phi) is 4.44. The van der Waals surface area contributed by atoms with E-state index in [9.17, 15) is 9.59 Å². The molecule has 25 heavy (non-hydrogen) atoms. The predicted octanol–water partition coefficient (Wildman–Crippen LogP) is 2.92. The topological polar surface area (TPSA) is 82.3 Å². The number of carbonyl (C=O) groups excluding carboxylic acids is 2. The number of rotatable bonds is 2. The van der Waals surface area contributed by atoms with Crippen molar-refractivity contribution in [3.63, 3.8) is 0 Å². The van der Waals surface area contributed by atoms with E-state index in [2.05, 4.69) is 10.3 Å². The Morgan fingerprint density at radius 1 is 1.32 bits per heavy atom. The SMILES string of the molecule is CC(C)C1=CC(=O)NC2=CC(=NC(=O)c3cccc(C#N)c3)C=CC21. The van der Waals surface area contributed by atoms with Crippen molar-refractivity contribution in [2.24, 2.45) is 16.8 Å². The zero-order chi connectivity index (χ0) is 18.0. The van der Waals surface area contributed by atoms with Gasteiger partial charge in [-0.05, 0) is 41.8 Å². The number of hydrogen-bond donors (Lipinski definition) is 1. The Morgan fingerprint density at radius 2 is 2.12 bits per heavy atom.